The van der Waals surface area contributed by atoms with Crippen molar-refractivity contribution >= 4 is 28.1 Å². The van der Waals surface area contributed by atoms with Crippen molar-refractivity contribution in [3.8, 4) is 10.8 Å². The summed E-state index contributed by atoms with van der Waals surface area (Å²) in [7, 11) is 0. The van der Waals surface area contributed by atoms with Gasteiger partial charge in [0.2, 0.25) is 5.89 Å². The second-order valence-corrected chi connectivity index (χ2v) is 5.79. The second-order valence-electron chi connectivity index (χ2n) is 4.84. The number of fused-ring (bicyclic) bond motifs is 1. The zero-order valence-corrected chi connectivity index (χ0v) is 11.3. The first-order valence-electron chi connectivity index (χ1n) is 6.59. The molecule has 0 radical (unpaired) electrons. The summed E-state index contributed by atoms with van der Waals surface area (Å²) in [6.45, 7) is 2.31. The summed E-state index contributed by atoms with van der Waals surface area (Å²) in [5.74, 6) is 0.726. The van der Waals surface area contributed by atoms with Gasteiger partial charge in [-0.15, -0.1) is 11.3 Å². The molecule has 0 bridgehead atoms. The van der Waals surface area contributed by atoms with Gasteiger partial charge in [-0.1, -0.05) is 6.07 Å². The molecule has 0 N–H and O–H groups in total. The van der Waals surface area contributed by atoms with Crippen molar-refractivity contribution in [1.82, 2.24) is 4.98 Å². The van der Waals surface area contributed by atoms with E-state index in [1.807, 2.05) is 23.6 Å². The second kappa shape index (κ2) is 4.38. The Hall–Kier alpha value is -1.81. The standard InChI is InChI=1S/C15H14N2OS/c1-2-8-17(7-1)11-5-6-13-12(10-11)16-15(18-13)14-4-3-9-19-14/h3-6,9-10H,1-2,7-8H2. The van der Waals surface area contributed by atoms with E-state index in [1.54, 1.807) is 11.3 Å². The van der Waals surface area contributed by atoms with Gasteiger partial charge in [-0.25, -0.2) is 4.98 Å². The number of aromatic nitrogens is 1. The number of anilines is 1. The molecule has 4 heteroatoms. The summed E-state index contributed by atoms with van der Waals surface area (Å²) >= 11 is 1.65. The molecule has 0 atom stereocenters. The number of hydrogen-bond donors (Lipinski definition) is 0. The van der Waals surface area contributed by atoms with Crippen LogP contribution in [-0.4, -0.2) is 18.1 Å². The van der Waals surface area contributed by atoms with E-state index in [-0.39, 0.29) is 0 Å². The fourth-order valence-electron chi connectivity index (χ4n) is 2.59. The lowest BCUT2D eigenvalue weighted by molar-refractivity contribution is 0.621. The Kier molecular flexibility index (Phi) is 2.55. The molecule has 0 saturated carbocycles. The maximum atomic E-state index is 5.81. The first-order chi connectivity index (χ1) is 9.40. The Balaban J connectivity index is 1.77. The van der Waals surface area contributed by atoms with E-state index < -0.39 is 0 Å². The molecule has 0 spiro atoms. The highest BCUT2D eigenvalue weighted by Crippen LogP contribution is 2.30. The lowest BCUT2D eigenvalue weighted by Crippen LogP contribution is -2.17. The minimum atomic E-state index is 0.726. The minimum Gasteiger partial charge on any atom is -0.435 e. The van der Waals surface area contributed by atoms with Gasteiger partial charge in [0.25, 0.3) is 0 Å². The molecule has 19 heavy (non-hydrogen) atoms. The minimum absolute atomic E-state index is 0.726. The summed E-state index contributed by atoms with van der Waals surface area (Å²) in [6.07, 6.45) is 2.58. The molecule has 1 aliphatic rings. The molecular weight excluding hydrogens is 256 g/mol. The van der Waals surface area contributed by atoms with Gasteiger partial charge in [0.15, 0.2) is 5.58 Å². The van der Waals surface area contributed by atoms with Crippen LogP contribution in [0.3, 0.4) is 0 Å². The maximum absolute atomic E-state index is 5.81. The van der Waals surface area contributed by atoms with Crippen molar-refractivity contribution in [2.24, 2.45) is 0 Å². The van der Waals surface area contributed by atoms with Gasteiger partial charge in [0.1, 0.15) is 5.52 Å². The zero-order chi connectivity index (χ0) is 12.7. The highest BCUT2D eigenvalue weighted by Gasteiger charge is 2.15. The van der Waals surface area contributed by atoms with Gasteiger partial charge in [0.05, 0.1) is 4.88 Å². The normalized spacial score (nSPS) is 15.5. The van der Waals surface area contributed by atoms with Crippen molar-refractivity contribution in [1.29, 1.82) is 0 Å². The molecule has 0 aliphatic carbocycles. The van der Waals surface area contributed by atoms with E-state index in [1.165, 1.54) is 18.5 Å². The van der Waals surface area contributed by atoms with E-state index in [2.05, 4.69) is 22.0 Å². The largest absolute Gasteiger partial charge is 0.435 e. The van der Waals surface area contributed by atoms with Crippen molar-refractivity contribution in [3.63, 3.8) is 0 Å². The van der Waals surface area contributed by atoms with E-state index >= 15 is 0 Å². The van der Waals surface area contributed by atoms with Gasteiger partial charge < -0.3 is 9.32 Å². The quantitative estimate of drug-likeness (QED) is 0.700. The lowest BCUT2D eigenvalue weighted by atomic mass is 10.2. The predicted octanol–water partition coefficient (Wildman–Crippen LogP) is 4.16. The van der Waals surface area contributed by atoms with Gasteiger partial charge in [-0.3, -0.25) is 0 Å². The highest BCUT2D eigenvalue weighted by atomic mass is 32.1. The van der Waals surface area contributed by atoms with Crippen molar-refractivity contribution < 1.29 is 4.42 Å². The Bertz CT molecular complexity index is 696. The zero-order valence-electron chi connectivity index (χ0n) is 10.5. The number of benzene rings is 1. The third-order valence-electron chi connectivity index (χ3n) is 3.57. The predicted molar refractivity (Wildman–Crippen MR) is 78.8 cm³/mol. The Morgan fingerprint density at radius 1 is 1.16 bits per heavy atom. The Labute approximate surface area is 115 Å². The van der Waals surface area contributed by atoms with Crippen LogP contribution in [0.25, 0.3) is 21.9 Å². The average Bonchev–Trinajstić information content (AvgIpc) is 3.18. The molecule has 1 aromatic carbocycles. The van der Waals surface area contributed by atoms with Crippen molar-refractivity contribution in [2.75, 3.05) is 18.0 Å². The molecule has 3 heterocycles. The smallest absolute Gasteiger partial charge is 0.237 e. The Morgan fingerprint density at radius 2 is 2.05 bits per heavy atom. The number of nitrogens with zero attached hydrogens (tertiary/aromatic N) is 2. The summed E-state index contributed by atoms with van der Waals surface area (Å²) in [5, 5.41) is 2.04. The van der Waals surface area contributed by atoms with Gasteiger partial charge in [0, 0.05) is 18.8 Å². The summed E-state index contributed by atoms with van der Waals surface area (Å²) < 4.78 is 5.81. The third kappa shape index (κ3) is 1.92. The first kappa shape index (κ1) is 11.1. The number of thiophene rings is 1. The van der Waals surface area contributed by atoms with Gasteiger partial charge in [-0.05, 0) is 42.5 Å². The van der Waals surface area contributed by atoms with E-state index in [0.29, 0.717) is 0 Å². The summed E-state index contributed by atoms with van der Waals surface area (Å²) in [4.78, 5) is 8.10. The molecule has 1 aliphatic heterocycles. The van der Waals surface area contributed by atoms with E-state index in [4.69, 9.17) is 4.42 Å². The lowest BCUT2D eigenvalue weighted by Gasteiger charge is -2.16. The van der Waals surface area contributed by atoms with Crippen LogP contribution in [0.5, 0.6) is 0 Å². The monoisotopic (exact) mass is 270 g/mol. The number of rotatable bonds is 2. The number of hydrogen-bond acceptors (Lipinski definition) is 4. The van der Waals surface area contributed by atoms with Crippen LogP contribution >= 0.6 is 11.3 Å². The average molecular weight is 270 g/mol. The summed E-state index contributed by atoms with van der Waals surface area (Å²) in [5.41, 5.74) is 3.08. The molecule has 0 unspecified atom stereocenters. The summed E-state index contributed by atoms with van der Waals surface area (Å²) in [6, 6.07) is 10.4. The van der Waals surface area contributed by atoms with E-state index in [9.17, 15) is 0 Å². The molecule has 4 rings (SSSR count). The van der Waals surface area contributed by atoms with Crippen LogP contribution in [-0.2, 0) is 0 Å². The van der Waals surface area contributed by atoms with Gasteiger partial charge in [-0.2, -0.15) is 0 Å². The van der Waals surface area contributed by atoms with Crippen LogP contribution in [0.15, 0.2) is 40.1 Å². The Morgan fingerprint density at radius 3 is 2.84 bits per heavy atom. The van der Waals surface area contributed by atoms with E-state index in [0.717, 1.165) is 35.0 Å². The first-order valence-corrected chi connectivity index (χ1v) is 7.47. The van der Waals surface area contributed by atoms with Gasteiger partial charge >= 0.3 is 0 Å². The van der Waals surface area contributed by atoms with Crippen molar-refractivity contribution in [3.05, 3.63) is 35.7 Å². The maximum Gasteiger partial charge on any atom is 0.237 e. The van der Waals surface area contributed by atoms with Crippen molar-refractivity contribution in [2.45, 2.75) is 12.8 Å². The van der Waals surface area contributed by atoms with Crippen LogP contribution < -0.4 is 4.90 Å². The third-order valence-corrected chi connectivity index (χ3v) is 4.43. The van der Waals surface area contributed by atoms with Crippen LogP contribution in [0.1, 0.15) is 12.8 Å². The SMILES string of the molecule is c1csc(-c2nc3cc(N4CCCC4)ccc3o2)c1. The molecular formula is C15H14N2OS. The van der Waals surface area contributed by atoms with Crippen LogP contribution in [0.4, 0.5) is 5.69 Å². The molecule has 2 aromatic heterocycles. The molecule has 0 amide bonds. The molecule has 1 saturated heterocycles. The highest BCUT2D eigenvalue weighted by molar-refractivity contribution is 7.13. The molecule has 3 nitrogen and oxygen atoms in total. The number of oxazole rings is 1. The fourth-order valence-corrected chi connectivity index (χ4v) is 3.24. The molecule has 1 fully saturated rings. The van der Waals surface area contributed by atoms with Crippen LogP contribution in [0, 0.1) is 0 Å². The molecule has 3 aromatic rings. The topological polar surface area (TPSA) is 29.3 Å². The fraction of sp³-hybridized carbons (Fsp3) is 0.267. The molecule has 96 valence electrons. The van der Waals surface area contributed by atoms with Crippen LogP contribution in [0.2, 0.25) is 0 Å².